The number of alkyl halides is 1. The minimum Gasteiger partial charge on any atom is -0.399 e. The van der Waals surface area contributed by atoms with Gasteiger partial charge in [-0.05, 0) is 48.6 Å². The number of halogens is 4. The van der Waals surface area contributed by atoms with E-state index in [0.717, 1.165) is 6.42 Å². The van der Waals surface area contributed by atoms with Crippen molar-refractivity contribution in [1.29, 1.82) is 0 Å². The van der Waals surface area contributed by atoms with Crippen molar-refractivity contribution in [3.8, 4) is 0 Å². The number of hydrogen-bond donors (Lipinski definition) is 0. The highest BCUT2D eigenvalue weighted by atomic mass is 79.9. The maximum atomic E-state index is 12.6. The average Bonchev–Trinajstić information content (AvgIpc) is 2.85. The predicted molar refractivity (Wildman–Crippen MR) is 154 cm³/mol. The third-order valence-electron chi connectivity index (χ3n) is 5.91. The Balaban J connectivity index is 0.000000860. The van der Waals surface area contributed by atoms with E-state index in [1.807, 2.05) is 27.0 Å². The van der Waals surface area contributed by atoms with Crippen LogP contribution in [0.15, 0.2) is 27.3 Å². The van der Waals surface area contributed by atoms with Crippen LogP contribution in [0.2, 0.25) is 15.1 Å². The van der Waals surface area contributed by atoms with Crippen molar-refractivity contribution >= 4 is 73.3 Å². The van der Waals surface area contributed by atoms with E-state index >= 15 is 0 Å². The van der Waals surface area contributed by atoms with Gasteiger partial charge in [0.1, 0.15) is 19.1 Å². The van der Waals surface area contributed by atoms with E-state index in [1.54, 1.807) is 13.3 Å². The topological polar surface area (TPSA) is 86.6 Å². The van der Waals surface area contributed by atoms with Crippen molar-refractivity contribution in [2.75, 3.05) is 14.2 Å². The summed E-state index contributed by atoms with van der Waals surface area (Å²) in [5.41, 5.74) is 0. The van der Waals surface area contributed by atoms with Crippen LogP contribution in [0.25, 0.3) is 0 Å². The molecule has 0 radical (unpaired) electrons. The van der Waals surface area contributed by atoms with Crippen LogP contribution in [0.1, 0.15) is 54.4 Å². The van der Waals surface area contributed by atoms with Gasteiger partial charge in [-0.15, -0.1) is 0 Å². The quantitative estimate of drug-likeness (QED) is 0.0707. The van der Waals surface area contributed by atoms with Crippen molar-refractivity contribution < 1.29 is 22.3 Å². The highest BCUT2D eigenvalue weighted by Crippen LogP contribution is 2.34. The largest absolute Gasteiger partial charge is 0.399 e. The molecule has 0 amide bonds. The Hall–Kier alpha value is -0.580. The Morgan fingerprint density at radius 1 is 0.861 bits per heavy atom. The molecule has 208 valence electrons. The molecule has 6 atom stereocenters. The third-order valence-corrected chi connectivity index (χ3v) is 9.91. The molecule has 0 saturated heterocycles. The molecule has 12 heteroatoms. The van der Waals surface area contributed by atoms with E-state index in [0.29, 0.717) is 23.1 Å². The minimum atomic E-state index is -4.09. The third kappa shape index (κ3) is 11.9. The van der Waals surface area contributed by atoms with Crippen LogP contribution in [0.5, 0.6) is 0 Å². The first kappa shape index (κ1) is 35.4. The van der Waals surface area contributed by atoms with Gasteiger partial charge in [-0.25, -0.2) is 0 Å². The van der Waals surface area contributed by atoms with E-state index in [-0.39, 0.29) is 31.8 Å². The van der Waals surface area contributed by atoms with Crippen LogP contribution in [-0.2, 0) is 24.0 Å². The normalized spacial score (nSPS) is 17.1. The minimum absolute atomic E-state index is 0.0408. The van der Waals surface area contributed by atoms with Crippen LogP contribution in [0.3, 0.4) is 0 Å². The zero-order valence-electron chi connectivity index (χ0n) is 22.0. The van der Waals surface area contributed by atoms with Gasteiger partial charge in [0.2, 0.25) is 0 Å². The van der Waals surface area contributed by atoms with Crippen LogP contribution < -0.4 is 0 Å². The second-order valence-electron chi connectivity index (χ2n) is 8.43. The summed E-state index contributed by atoms with van der Waals surface area (Å²) in [7, 11) is -1.08. The number of hydrogen-bond acceptors (Lipinski definition) is 7. The molecular formula is C24H38BrCl3N2O5S. The highest BCUT2D eigenvalue weighted by Gasteiger charge is 2.29. The molecule has 1 aromatic carbocycles. The van der Waals surface area contributed by atoms with Crippen molar-refractivity contribution in [2.24, 2.45) is 34.0 Å². The Kier molecular flexibility index (Phi) is 17.6. The van der Waals surface area contributed by atoms with Crippen molar-refractivity contribution in [3.05, 3.63) is 27.2 Å². The van der Waals surface area contributed by atoms with Crippen LogP contribution in [0.4, 0.5) is 0 Å². The highest BCUT2D eigenvalue weighted by molar-refractivity contribution is 9.09. The van der Waals surface area contributed by atoms with Gasteiger partial charge in [0.05, 0.1) is 21.2 Å². The van der Waals surface area contributed by atoms with Crippen LogP contribution >= 0.6 is 50.7 Å². The van der Waals surface area contributed by atoms with Gasteiger partial charge in [0.25, 0.3) is 10.1 Å². The fraction of sp³-hybridized carbons (Fsp3) is 0.667. The lowest BCUT2D eigenvalue weighted by Gasteiger charge is -2.25. The maximum absolute atomic E-state index is 12.6. The fourth-order valence-electron chi connectivity index (χ4n) is 3.06. The first-order valence-corrected chi connectivity index (χ1v) is 15.1. The summed E-state index contributed by atoms with van der Waals surface area (Å²) in [6.45, 7) is 12.2. The van der Waals surface area contributed by atoms with E-state index in [9.17, 15) is 8.42 Å². The SMILES string of the molecule is CC[C@@H](OS(=O)(=O)c1cc(Cl)c(Cl)cc1Cl)[C@@H](C)[C@H](C)C=NOC.CC[C@H](Br)[C@@H](C)[C@H](C)C=NOC. The first-order chi connectivity index (χ1) is 16.8. The van der Waals surface area contributed by atoms with Gasteiger partial charge in [0, 0.05) is 17.3 Å². The lowest BCUT2D eigenvalue weighted by Crippen LogP contribution is -2.29. The summed E-state index contributed by atoms with van der Waals surface area (Å²) in [4.78, 5) is 9.64. The standard InChI is InChI=1S/C15H20Cl3NO4S.C9H18BrNO/c1-5-14(10(3)9(2)8-19-22-4)23-24(20,21)15-7-12(17)11(16)6-13(15)18;1-5-9(10)8(3)7(2)6-11-12-4/h6-10,14H,5H2,1-4H3;6-9H,5H2,1-4H3/t9-,10+,14-;7-,8+,9+/m11/s1. The molecule has 0 saturated carbocycles. The molecule has 0 aliphatic rings. The molecule has 36 heavy (non-hydrogen) atoms. The van der Waals surface area contributed by atoms with Gasteiger partial charge in [-0.3, -0.25) is 4.18 Å². The monoisotopic (exact) mass is 650 g/mol. The Morgan fingerprint density at radius 2 is 1.33 bits per heavy atom. The predicted octanol–water partition coefficient (Wildman–Crippen LogP) is 8.10. The van der Waals surface area contributed by atoms with Crippen molar-refractivity contribution in [2.45, 2.75) is 70.2 Å². The molecule has 0 spiro atoms. The zero-order valence-corrected chi connectivity index (χ0v) is 26.7. The molecule has 0 aromatic heterocycles. The molecule has 0 aliphatic carbocycles. The van der Waals surface area contributed by atoms with E-state index < -0.39 is 16.2 Å². The number of benzene rings is 1. The molecule has 1 aromatic rings. The Morgan fingerprint density at radius 3 is 1.78 bits per heavy atom. The molecular weight excluding hydrogens is 615 g/mol. The van der Waals surface area contributed by atoms with Gasteiger partial charge in [-0.2, -0.15) is 8.42 Å². The maximum Gasteiger partial charge on any atom is 0.298 e. The number of rotatable bonds is 13. The molecule has 1 rings (SSSR count). The zero-order chi connectivity index (χ0) is 28.1. The summed E-state index contributed by atoms with van der Waals surface area (Å²) in [5.74, 6) is 0.878. The Bertz CT molecular complexity index is 950. The molecule has 7 nitrogen and oxygen atoms in total. The molecule has 0 aliphatic heterocycles. The number of oxime groups is 2. The van der Waals surface area contributed by atoms with E-state index in [2.05, 4.69) is 56.7 Å². The number of nitrogens with zero attached hydrogens (tertiary/aromatic N) is 2. The summed E-state index contributed by atoms with van der Waals surface area (Å²) in [6.07, 6.45) is 4.54. The van der Waals surface area contributed by atoms with Crippen molar-refractivity contribution in [1.82, 2.24) is 0 Å². The average molecular weight is 653 g/mol. The summed E-state index contributed by atoms with van der Waals surface area (Å²) in [5, 5.41) is 7.70. The summed E-state index contributed by atoms with van der Waals surface area (Å²) < 4.78 is 30.5. The van der Waals surface area contributed by atoms with Gasteiger partial charge >= 0.3 is 0 Å². The lowest BCUT2D eigenvalue weighted by atomic mass is 9.90. The molecule has 0 unspecified atom stereocenters. The fourth-order valence-corrected chi connectivity index (χ4v) is 5.74. The van der Waals surface area contributed by atoms with Crippen LogP contribution in [-0.4, -0.2) is 46.0 Å². The van der Waals surface area contributed by atoms with Gasteiger partial charge < -0.3 is 9.68 Å². The first-order valence-electron chi connectivity index (χ1n) is 11.6. The summed E-state index contributed by atoms with van der Waals surface area (Å²) >= 11 is 21.3. The van der Waals surface area contributed by atoms with Crippen LogP contribution in [0, 0.1) is 23.7 Å². The van der Waals surface area contributed by atoms with E-state index in [1.165, 1.54) is 19.2 Å². The summed E-state index contributed by atoms with van der Waals surface area (Å²) in [6, 6.07) is 2.47. The molecule has 0 heterocycles. The molecule has 0 bridgehead atoms. The Labute approximate surface area is 240 Å². The lowest BCUT2D eigenvalue weighted by molar-refractivity contribution is 0.129. The molecule has 0 fully saturated rings. The molecule has 0 N–H and O–H groups in total. The van der Waals surface area contributed by atoms with Gasteiger partial charge in [0.15, 0.2) is 0 Å². The second kappa shape index (κ2) is 17.8. The smallest absolute Gasteiger partial charge is 0.298 e. The second-order valence-corrected chi connectivity index (χ2v) is 12.4. The van der Waals surface area contributed by atoms with Crippen molar-refractivity contribution in [3.63, 3.8) is 0 Å². The van der Waals surface area contributed by atoms with E-state index in [4.69, 9.17) is 39.0 Å². The van der Waals surface area contributed by atoms with Gasteiger partial charge in [-0.1, -0.05) is 103 Å².